The van der Waals surface area contributed by atoms with Gasteiger partial charge in [0, 0.05) is 12.5 Å². The number of nitrogens with zero attached hydrogens (tertiary/aromatic N) is 1. The fraction of sp³-hybridized carbons (Fsp3) is 0.474. The minimum Gasteiger partial charge on any atom is -0.457 e. The van der Waals surface area contributed by atoms with Crippen LogP contribution in [0.15, 0.2) is 48.1 Å². The lowest BCUT2D eigenvalue weighted by molar-refractivity contribution is -0.149. The summed E-state index contributed by atoms with van der Waals surface area (Å²) >= 11 is 0. The van der Waals surface area contributed by atoms with Crippen LogP contribution in [0.5, 0.6) is 0 Å². The van der Waals surface area contributed by atoms with Gasteiger partial charge in [0.1, 0.15) is 6.10 Å². The lowest BCUT2D eigenvalue weighted by Crippen LogP contribution is -2.20. The average molecular weight is 297 g/mol. The van der Waals surface area contributed by atoms with Crippen molar-refractivity contribution in [3.8, 4) is 6.07 Å². The molecule has 3 atom stereocenters. The molecular weight excluding hydrogens is 274 g/mol. The summed E-state index contributed by atoms with van der Waals surface area (Å²) < 4.78 is 5.73. The highest BCUT2D eigenvalue weighted by Gasteiger charge is 2.61. The van der Waals surface area contributed by atoms with Gasteiger partial charge in [-0.3, -0.25) is 4.79 Å². The molecule has 1 saturated carbocycles. The van der Waals surface area contributed by atoms with Crippen molar-refractivity contribution in [2.45, 2.75) is 39.7 Å². The van der Waals surface area contributed by atoms with Gasteiger partial charge in [-0.15, -0.1) is 6.58 Å². The average Bonchev–Trinajstić information content (AvgIpc) is 2.91. The lowest BCUT2D eigenvalue weighted by Gasteiger charge is -2.14. The number of esters is 1. The van der Waals surface area contributed by atoms with Crippen LogP contribution in [0.3, 0.4) is 0 Å². The monoisotopic (exact) mass is 297 g/mol. The van der Waals surface area contributed by atoms with Crippen molar-refractivity contribution in [3.05, 3.63) is 48.1 Å². The van der Waals surface area contributed by atoms with Gasteiger partial charge >= 0.3 is 5.97 Å². The number of nitriles is 1. The highest BCUT2D eigenvalue weighted by atomic mass is 16.5. The molecule has 116 valence electrons. The Morgan fingerprint density at radius 3 is 2.82 bits per heavy atom. The van der Waals surface area contributed by atoms with Gasteiger partial charge in [-0.25, -0.2) is 0 Å². The Hall–Kier alpha value is -2.08. The second-order valence-electron chi connectivity index (χ2n) is 6.70. The zero-order valence-electron chi connectivity index (χ0n) is 13.6. The predicted molar refractivity (Wildman–Crippen MR) is 86.7 cm³/mol. The maximum atomic E-state index is 12.5. The van der Waals surface area contributed by atoms with Crippen LogP contribution < -0.4 is 0 Å². The van der Waals surface area contributed by atoms with Crippen LogP contribution >= 0.6 is 0 Å². The molecule has 2 aliphatic carbocycles. The van der Waals surface area contributed by atoms with Crippen LogP contribution in [0.4, 0.5) is 0 Å². The van der Waals surface area contributed by atoms with Crippen LogP contribution in [0.25, 0.3) is 0 Å². The van der Waals surface area contributed by atoms with E-state index in [0.717, 1.165) is 23.1 Å². The third-order valence-electron chi connectivity index (χ3n) is 4.97. The number of ether oxygens (including phenoxy) is 1. The number of hydrogen-bond acceptors (Lipinski definition) is 3. The number of allylic oxidation sites excluding steroid dienone is 4. The predicted octanol–water partition coefficient (Wildman–Crippen LogP) is 4.10. The summed E-state index contributed by atoms with van der Waals surface area (Å²) in [6.07, 6.45) is 6.34. The molecule has 22 heavy (non-hydrogen) atoms. The largest absolute Gasteiger partial charge is 0.457 e. The second kappa shape index (κ2) is 5.96. The third-order valence-corrected chi connectivity index (χ3v) is 4.97. The molecule has 0 aromatic heterocycles. The van der Waals surface area contributed by atoms with Crippen molar-refractivity contribution in [1.82, 2.24) is 0 Å². The van der Waals surface area contributed by atoms with Crippen molar-refractivity contribution >= 4 is 5.97 Å². The summed E-state index contributed by atoms with van der Waals surface area (Å²) in [5.74, 6) is -0.252. The van der Waals surface area contributed by atoms with E-state index in [1.54, 1.807) is 0 Å². The van der Waals surface area contributed by atoms with Crippen LogP contribution in [0.2, 0.25) is 0 Å². The molecule has 0 aromatic rings. The number of carbonyl (C=O) groups excluding carboxylic acids is 1. The molecule has 3 nitrogen and oxygen atoms in total. The highest BCUT2D eigenvalue weighted by molar-refractivity contribution is 5.79. The first-order valence-electron chi connectivity index (χ1n) is 7.60. The van der Waals surface area contributed by atoms with E-state index in [1.807, 2.05) is 39.0 Å². The van der Waals surface area contributed by atoms with Gasteiger partial charge in [-0.05, 0) is 41.4 Å². The number of rotatable bonds is 5. The van der Waals surface area contributed by atoms with Crippen molar-refractivity contribution in [2.75, 3.05) is 0 Å². The van der Waals surface area contributed by atoms with Gasteiger partial charge in [-0.1, -0.05) is 32.6 Å². The molecule has 0 saturated heterocycles. The lowest BCUT2D eigenvalue weighted by atomic mass is 10.1. The van der Waals surface area contributed by atoms with E-state index in [0.29, 0.717) is 6.42 Å². The van der Waals surface area contributed by atoms with Gasteiger partial charge in [0.25, 0.3) is 0 Å². The Balaban J connectivity index is 2.05. The van der Waals surface area contributed by atoms with Crippen molar-refractivity contribution in [2.24, 2.45) is 17.3 Å². The van der Waals surface area contributed by atoms with Crippen molar-refractivity contribution < 1.29 is 9.53 Å². The van der Waals surface area contributed by atoms with E-state index in [-0.39, 0.29) is 29.3 Å². The maximum absolute atomic E-state index is 12.5. The molecule has 1 unspecified atom stereocenters. The maximum Gasteiger partial charge on any atom is 0.310 e. The zero-order valence-corrected chi connectivity index (χ0v) is 13.6. The van der Waals surface area contributed by atoms with Gasteiger partial charge < -0.3 is 4.74 Å². The van der Waals surface area contributed by atoms with E-state index >= 15 is 0 Å². The first-order chi connectivity index (χ1) is 10.3. The van der Waals surface area contributed by atoms with E-state index in [2.05, 4.69) is 13.2 Å². The molecule has 0 N–H and O–H groups in total. The Bertz CT molecular complexity index is 616. The summed E-state index contributed by atoms with van der Waals surface area (Å²) in [5, 5.41) is 8.63. The quantitative estimate of drug-likeness (QED) is 0.436. The normalized spacial score (nSPS) is 29.5. The van der Waals surface area contributed by atoms with Crippen LogP contribution in [0.1, 0.15) is 33.6 Å². The standard InChI is InChI=1S/C19H23NO2/c1-6-8-14-12(2)11-16(13(14)3)22-18(21)17-15(9-7-10-20)19(17,4)5/h6-7,9,15-17H,1-2,8,11H2,3-5H3/b9-7-/t15-,16?,17+/m1/s1. The first-order valence-corrected chi connectivity index (χ1v) is 7.60. The summed E-state index contributed by atoms with van der Waals surface area (Å²) in [4.78, 5) is 12.5. The molecule has 2 rings (SSSR count). The van der Waals surface area contributed by atoms with Crippen molar-refractivity contribution in [3.63, 3.8) is 0 Å². The number of hydrogen-bond donors (Lipinski definition) is 0. The topological polar surface area (TPSA) is 50.1 Å². The molecule has 2 aliphatic rings. The van der Waals surface area contributed by atoms with Crippen LogP contribution in [-0.2, 0) is 9.53 Å². The van der Waals surface area contributed by atoms with E-state index in [4.69, 9.17) is 10.00 Å². The molecule has 0 radical (unpaired) electrons. The minimum absolute atomic E-state index is 0.0844. The van der Waals surface area contributed by atoms with Gasteiger partial charge in [0.2, 0.25) is 0 Å². The summed E-state index contributed by atoms with van der Waals surface area (Å²) in [6.45, 7) is 13.9. The third kappa shape index (κ3) is 2.78. The van der Waals surface area contributed by atoms with Crippen molar-refractivity contribution in [1.29, 1.82) is 5.26 Å². The SMILES string of the molecule is C=CCC1=C(C)C(OC(=O)[C@@H]2[C@@H](/C=C\C#N)C2(C)C)CC1=C. The molecule has 0 bridgehead atoms. The minimum atomic E-state index is -0.202. The Morgan fingerprint density at radius 2 is 2.23 bits per heavy atom. The van der Waals surface area contributed by atoms with E-state index < -0.39 is 0 Å². The Morgan fingerprint density at radius 1 is 1.55 bits per heavy atom. The summed E-state index contributed by atoms with van der Waals surface area (Å²) in [5.41, 5.74) is 3.14. The smallest absolute Gasteiger partial charge is 0.310 e. The molecule has 0 aliphatic heterocycles. The van der Waals surface area contributed by atoms with Crippen LogP contribution in [0, 0.1) is 28.6 Å². The fourth-order valence-corrected chi connectivity index (χ4v) is 3.40. The van der Waals surface area contributed by atoms with Gasteiger partial charge in [0.15, 0.2) is 0 Å². The highest BCUT2D eigenvalue weighted by Crippen LogP contribution is 2.59. The van der Waals surface area contributed by atoms with Gasteiger partial charge in [-0.2, -0.15) is 5.26 Å². The van der Waals surface area contributed by atoms with Gasteiger partial charge in [0.05, 0.1) is 12.0 Å². The van der Waals surface area contributed by atoms with E-state index in [1.165, 1.54) is 6.08 Å². The summed E-state index contributed by atoms with van der Waals surface area (Å²) in [7, 11) is 0. The first kappa shape index (κ1) is 16.3. The van der Waals surface area contributed by atoms with E-state index in [9.17, 15) is 4.79 Å². The second-order valence-corrected chi connectivity index (χ2v) is 6.70. The zero-order chi connectivity index (χ0) is 16.5. The Kier molecular flexibility index (Phi) is 4.42. The molecule has 1 fully saturated rings. The molecule has 0 amide bonds. The Labute approximate surface area is 132 Å². The molecule has 0 spiro atoms. The molecular formula is C19H23NO2. The summed E-state index contributed by atoms with van der Waals surface area (Å²) in [6, 6.07) is 1.98. The molecule has 0 aromatic carbocycles. The fourth-order valence-electron chi connectivity index (χ4n) is 3.40. The molecule has 3 heteroatoms. The molecule has 0 heterocycles. The number of carbonyl (C=O) groups is 1. The van der Waals surface area contributed by atoms with Crippen LogP contribution in [-0.4, -0.2) is 12.1 Å².